The van der Waals surface area contributed by atoms with Crippen molar-refractivity contribution in [3.05, 3.63) is 113 Å². The average Bonchev–Trinajstić information content (AvgIpc) is 4.01. The van der Waals surface area contributed by atoms with E-state index in [-0.39, 0.29) is 42.8 Å². The van der Waals surface area contributed by atoms with Crippen LogP contribution in [0.2, 0.25) is 0 Å². The first kappa shape index (κ1) is 53.0. The summed E-state index contributed by atoms with van der Waals surface area (Å²) in [6.07, 6.45) is -3.24. The largest absolute Gasteiger partial charge is 0.419 e. The minimum Gasteiger partial charge on any atom is -0.391 e. The number of nitrogens with one attached hydrogen (secondary N) is 3. The molecule has 2 aliphatic heterocycles. The number of aliphatic hydroxyl groups is 1. The van der Waals surface area contributed by atoms with Gasteiger partial charge < -0.3 is 35.6 Å². The van der Waals surface area contributed by atoms with E-state index >= 15 is 0 Å². The molecule has 3 aromatic carbocycles. The molecule has 2 fully saturated rings. The number of ether oxygens (including phenoxy) is 1. The SMILES string of the molecule is Cc1ncsc1-c1ccc(CNC(=O)[C@@H]2C[C@@H](O)CN2C(=O)[C@@H](NC(=O)COCCCCNc2ccc(-c3ccc(N4C(=S)N(c5cnc(C#N)c(C(F)(F)F)c5)C(=O)C4(C)C)cc3)cc2)C(C)(C)C)cc1. The summed E-state index contributed by atoms with van der Waals surface area (Å²) in [4.78, 5) is 67.2. The van der Waals surface area contributed by atoms with E-state index in [1.165, 1.54) is 11.0 Å². The van der Waals surface area contributed by atoms with Gasteiger partial charge in [0.15, 0.2) is 10.8 Å². The lowest BCUT2D eigenvalue weighted by Gasteiger charge is -2.35. The lowest BCUT2D eigenvalue weighted by atomic mass is 9.85. The number of unbranched alkanes of at least 4 members (excludes halogenated alkanes) is 1. The second kappa shape index (κ2) is 21.9. The van der Waals surface area contributed by atoms with E-state index in [2.05, 4.69) is 25.9 Å². The highest BCUT2D eigenvalue weighted by molar-refractivity contribution is 7.81. The van der Waals surface area contributed by atoms with Crippen molar-refractivity contribution in [3.63, 3.8) is 0 Å². The number of aromatic nitrogens is 2. The molecule has 20 heteroatoms. The summed E-state index contributed by atoms with van der Waals surface area (Å²) in [5.74, 6) is -1.86. The lowest BCUT2D eigenvalue weighted by Crippen LogP contribution is -2.58. The van der Waals surface area contributed by atoms with E-state index in [4.69, 9.17) is 17.0 Å². The number of halogens is 3. The Morgan fingerprint density at radius 2 is 1.62 bits per heavy atom. The van der Waals surface area contributed by atoms with Crippen LogP contribution in [0.3, 0.4) is 0 Å². The predicted octanol–water partition coefficient (Wildman–Crippen LogP) is 8.01. The number of amides is 4. The third kappa shape index (κ3) is 11.9. The van der Waals surface area contributed by atoms with Gasteiger partial charge in [0.05, 0.1) is 39.6 Å². The molecule has 7 rings (SSSR count). The third-order valence-electron chi connectivity index (χ3n) is 12.5. The van der Waals surface area contributed by atoms with Crippen molar-refractivity contribution in [2.75, 3.05) is 41.4 Å². The van der Waals surface area contributed by atoms with Crippen LogP contribution in [0.15, 0.2) is 90.6 Å². The number of alkyl halides is 3. The van der Waals surface area contributed by atoms with Gasteiger partial charge in [-0.2, -0.15) is 18.4 Å². The monoisotopic (exact) mass is 1020 g/mol. The number of β-amino-alcohol motifs (C(OH)–C–C–N with tert-alkyl or cyclic N) is 1. The molecule has 0 spiro atoms. The molecule has 0 saturated carbocycles. The Morgan fingerprint density at radius 3 is 2.24 bits per heavy atom. The molecule has 4 amide bonds. The normalized spacial score (nSPS) is 17.2. The number of aliphatic hydroxyl groups excluding tert-OH is 1. The number of anilines is 3. The highest BCUT2D eigenvalue weighted by Gasteiger charge is 2.51. The van der Waals surface area contributed by atoms with Gasteiger partial charge in [0.25, 0.3) is 5.91 Å². The van der Waals surface area contributed by atoms with E-state index in [0.29, 0.717) is 31.3 Å². The number of hydrogen-bond acceptors (Lipinski definition) is 12. The van der Waals surface area contributed by atoms with Crippen LogP contribution in [-0.4, -0.2) is 98.7 Å². The molecule has 3 atom stereocenters. The van der Waals surface area contributed by atoms with Gasteiger partial charge in [0, 0.05) is 44.0 Å². The number of nitrogens with zero attached hydrogens (tertiary/aromatic N) is 6. The van der Waals surface area contributed by atoms with Crippen LogP contribution < -0.4 is 25.8 Å². The minimum atomic E-state index is -4.86. The van der Waals surface area contributed by atoms with Gasteiger partial charge in [-0.25, -0.2) is 9.97 Å². The second-order valence-corrected chi connectivity index (χ2v) is 20.5. The van der Waals surface area contributed by atoms with Crippen molar-refractivity contribution in [1.29, 1.82) is 5.26 Å². The van der Waals surface area contributed by atoms with Gasteiger partial charge in [0.2, 0.25) is 17.7 Å². The Labute approximate surface area is 425 Å². The molecule has 4 N–H and O–H groups in total. The first-order chi connectivity index (χ1) is 34.1. The maximum absolute atomic E-state index is 14.0. The van der Waals surface area contributed by atoms with Gasteiger partial charge in [-0.1, -0.05) is 69.3 Å². The van der Waals surface area contributed by atoms with Crippen LogP contribution in [0.1, 0.15) is 76.4 Å². The number of thiazole rings is 1. The Morgan fingerprint density at radius 1 is 0.972 bits per heavy atom. The Bertz CT molecular complexity index is 2850. The lowest BCUT2D eigenvalue weighted by molar-refractivity contribution is -0.144. The molecule has 0 unspecified atom stereocenters. The molecular weight excluding hydrogens is 968 g/mol. The van der Waals surface area contributed by atoms with Crippen molar-refractivity contribution >= 4 is 69.4 Å². The summed E-state index contributed by atoms with van der Waals surface area (Å²) in [6, 6.07) is 23.2. The zero-order valence-corrected chi connectivity index (χ0v) is 42.3. The first-order valence-electron chi connectivity index (χ1n) is 23.3. The predicted molar refractivity (Wildman–Crippen MR) is 273 cm³/mol. The number of hydrogen-bond donors (Lipinski definition) is 4. The zero-order valence-electron chi connectivity index (χ0n) is 40.7. The molecule has 2 saturated heterocycles. The van der Waals surface area contributed by atoms with Crippen LogP contribution in [-0.2, 0) is 36.6 Å². The maximum Gasteiger partial charge on any atom is 0.419 e. The number of carbonyl (C=O) groups is 4. The minimum absolute atomic E-state index is 0.0288. The fourth-order valence-corrected chi connectivity index (χ4v) is 9.96. The highest BCUT2D eigenvalue weighted by atomic mass is 32.1. The van der Waals surface area contributed by atoms with Gasteiger partial charge in [-0.3, -0.25) is 24.1 Å². The molecule has 0 bridgehead atoms. The smallest absolute Gasteiger partial charge is 0.391 e. The molecule has 15 nitrogen and oxygen atoms in total. The van der Waals surface area contributed by atoms with Crippen molar-refractivity contribution in [2.45, 2.75) is 97.3 Å². The highest BCUT2D eigenvalue weighted by Crippen LogP contribution is 2.40. The molecule has 72 heavy (non-hydrogen) atoms. The fourth-order valence-electron chi connectivity index (χ4n) is 8.63. The van der Waals surface area contributed by atoms with Crippen molar-refractivity contribution < 1.29 is 42.2 Å². The van der Waals surface area contributed by atoms with E-state index in [9.17, 15) is 42.7 Å². The quantitative estimate of drug-likeness (QED) is 0.0519. The average molecular weight is 1020 g/mol. The first-order valence-corrected chi connectivity index (χ1v) is 24.6. The van der Waals surface area contributed by atoms with Crippen LogP contribution in [0.5, 0.6) is 0 Å². The number of thiocarbonyl (C=S) groups is 1. The summed E-state index contributed by atoms with van der Waals surface area (Å²) in [5, 5.41) is 28.8. The number of likely N-dealkylation sites (tertiary alicyclic amines) is 1. The summed E-state index contributed by atoms with van der Waals surface area (Å²) < 4.78 is 46.9. The van der Waals surface area contributed by atoms with Crippen LogP contribution in [0, 0.1) is 23.7 Å². The molecule has 0 radical (unpaired) electrons. The second-order valence-electron chi connectivity index (χ2n) is 19.3. The molecular formula is C52H56F3N9O6S2. The van der Waals surface area contributed by atoms with E-state index < -0.39 is 64.3 Å². The third-order valence-corrected chi connectivity index (χ3v) is 13.9. The van der Waals surface area contributed by atoms with Crippen molar-refractivity contribution in [1.82, 2.24) is 25.5 Å². The standard InChI is InChI=1S/C52H56F3N9O6S2/c1-31-44(72-30-60-31)35-11-9-32(10-12-35)26-59-46(67)42-24-39(65)28-62(42)47(68)45(50(2,3)4)61-43(66)29-70-22-8-7-21-57-36-17-13-33(14-18-36)34-15-19-37(20-16-34)64-49(71)63(48(69)51(64,5)6)38-23-40(52(53,54)55)41(25-56)58-27-38/h9-20,23,27,30,39,42,45,57,65H,7-8,21-22,24,26,28-29H2,1-6H3,(H,59,67)(H,61,66)/t39-,42+,45-/m1/s1. The van der Waals surface area contributed by atoms with E-state index in [1.54, 1.807) is 47.7 Å². The van der Waals surface area contributed by atoms with Gasteiger partial charge in [0.1, 0.15) is 30.3 Å². The topological polar surface area (TPSA) is 193 Å². The summed E-state index contributed by atoms with van der Waals surface area (Å²) in [6.45, 7) is 11.6. The van der Waals surface area contributed by atoms with E-state index in [1.807, 2.05) is 88.4 Å². The molecule has 4 heterocycles. The van der Waals surface area contributed by atoms with E-state index in [0.717, 1.165) is 56.0 Å². The Kier molecular flexibility index (Phi) is 16.1. The number of nitriles is 1. The van der Waals surface area contributed by atoms with Crippen LogP contribution in [0.25, 0.3) is 21.6 Å². The molecule has 0 aliphatic carbocycles. The Balaban J connectivity index is 0.841. The number of carbonyl (C=O) groups excluding carboxylic acids is 4. The summed E-state index contributed by atoms with van der Waals surface area (Å²) in [5.41, 5.74) is 3.69. The van der Waals surface area contributed by atoms with Gasteiger partial charge in [-0.15, -0.1) is 11.3 Å². The maximum atomic E-state index is 14.0. The summed E-state index contributed by atoms with van der Waals surface area (Å²) in [7, 11) is 0. The number of rotatable bonds is 17. The number of aryl methyl sites for hydroxylation is 1. The van der Waals surface area contributed by atoms with Crippen LogP contribution >= 0.6 is 23.6 Å². The molecule has 5 aromatic rings. The fraction of sp³-hybridized carbons (Fsp3) is 0.385. The zero-order chi connectivity index (χ0) is 52.1. The summed E-state index contributed by atoms with van der Waals surface area (Å²) >= 11 is 7.21. The van der Waals surface area contributed by atoms with Gasteiger partial charge >= 0.3 is 6.18 Å². The van der Waals surface area contributed by atoms with Gasteiger partial charge in [-0.05, 0) is 104 Å². The molecule has 2 aliphatic rings. The van der Waals surface area contributed by atoms with Crippen molar-refractivity contribution in [2.24, 2.45) is 5.41 Å². The molecule has 378 valence electrons. The van der Waals surface area contributed by atoms with Crippen molar-refractivity contribution in [3.8, 4) is 27.6 Å². The van der Waals surface area contributed by atoms with Crippen LogP contribution in [0.4, 0.5) is 30.2 Å². The number of pyridine rings is 1. The molecule has 2 aromatic heterocycles. The number of benzene rings is 3. The Hall–Kier alpha value is -6.79.